The lowest BCUT2D eigenvalue weighted by atomic mass is 9.99. The molecule has 0 saturated heterocycles. The minimum Gasteiger partial charge on any atom is -0.347 e. The van der Waals surface area contributed by atoms with Crippen molar-refractivity contribution in [2.45, 2.75) is 51.4 Å². The van der Waals surface area contributed by atoms with Gasteiger partial charge in [0.15, 0.2) is 0 Å². The molecule has 0 spiro atoms. The lowest BCUT2D eigenvalue weighted by molar-refractivity contribution is -0.286. The molecular weight excluding hydrogens is 621 g/mol. The van der Waals surface area contributed by atoms with Crippen LogP contribution in [-0.2, 0) is 35.5 Å². The highest BCUT2D eigenvalue weighted by Gasteiger charge is 2.43. The highest BCUT2D eigenvalue weighted by Crippen LogP contribution is 2.24. The predicted octanol–water partition coefficient (Wildman–Crippen LogP) is 4.56. The SMILES string of the molecule is Cc1ccccc1CNC(=O)NCCCCC(=O)NCC(=O)NC(CC(=O)OOC(=O)C(F)(F)F)c1ccc(-c2ccccc2)cc1. The molecule has 0 fully saturated rings. The van der Waals surface area contributed by atoms with Crippen molar-refractivity contribution in [1.82, 2.24) is 21.3 Å². The largest absolute Gasteiger partial charge is 0.495 e. The monoisotopic (exact) mass is 656 g/mol. The van der Waals surface area contributed by atoms with Crippen molar-refractivity contribution in [1.29, 1.82) is 0 Å². The molecule has 14 heteroatoms. The molecule has 0 aliphatic heterocycles. The maximum atomic E-state index is 12.7. The van der Waals surface area contributed by atoms with E-state index in [1.807, 2.05) is 61.5 Å². The summed E-state index contributed by atoms with van der Waals surface area (Å²) in [4.78, 5) is 67.6. The number of rotatable bonds is 14. The molecule has 47 heavy (non-hydrogen) atoms. The lowest BCUT2D eigenvalue weighted by Gasteiger charge is -2.19. The lowest BCUT2D eigenvalue weighted by Crippen LogP contribution is -2.39. The van der Waals surface area contributed by atoms with Gasteiger partial charge in [-0.05, 0) is 47.6 Å². The van der Waals surface area contributed by atoms with Gasteiger partial charge in [0.25, 0.3) is 0 Å². The fraction of sp³-hybridized carbons (Fsp3) is 0.303. The number of benzene rings is 3. The highest BCUT2D eigenvalue weighted by atomic mass is 19.4. The molecule has 0 heterocycles. The summed E-state index contributed by atoms with van der Waals surface area (Å²) in [6.07, 6.45) is -5.02. The number of hydrogen-bond acceptors (Lipinski definition) is 7. The fourth-order valence-electron chi connectivity index (χ4n) is 4.29. The maximum absolute atomic E-state index is 12.7. The molecule has 0 bridgehead atoms. The van der Waals surface area contributed by atoms with E-state index in [9.17, 15) is 37.1 Å². The average Bonchev–Trinajstić information content (AvgIpc) is 3.05. The van der Waals surface area contributed by atoms with Crippen molar-refractivity contribution in [2.24, 2.45) is 0 Å². The molecular formula is C33H35F3N4O7. The van der Waals surface area contributed by atoms with E-state index in [0.717, 1.165) is 22.3 Å². The summed E-state index contributed by atoms with van der Waals surface area (Å²) in [5.41, 5.74) is 4.19. The smallest absolute Gasteiger partial charge is 0.347 e. The molecule has 4 N–H and O–H groups in total. The molecule has 0 saturated carbocycles. The second-order valence-electron chi connectivity index (χ2n) is 10.4. The first-order valence-corrected chi connectivity index (χ1v) is 14.7. The number of aryl methyl sites for hydroxylation is 1. The van der Waals surface area contributed by atoms with Gasteiger partial charge in [0.2, 0.25) is 11.8 Å². The number of hydrogen-bond donors (Lipinski definition) is 4. The van der Waals surface area contributed by atoms with Crippen LogP contribution in [0.5, 0.6) is 0 Å². The first kappa shape index (κ1) is 36.1. The molecule has 0 aliphatic rings. The Morgan fingerprint density at radius 2 is 1.40 bits per heavy atom. The first-order chi connectivity index (χ1) is 22.4. The van der Waals surface area contributed by atoms with Crippen LogP contribution in [0.15, 0.2) is 78.9 Å². The zero-order valence-electron chi connectivity index (χ0n) is 25.5. The Balaban J connectivity index is 1.45. The minimum atomic E-state index is -5.37. The van der Waals surface area contributed by atoms with Crippen molar-refractivity contribution < 1.29 is 46.9 Å². The van der Waals surface area contributed by atoms with Gasteiger partial charge in [0.05, 0.1) is 19.0 Å². The molecule has 0 radical (unpaired) electrons. The third kappa shape index (κ3) is 12.9. The van der Waals surface area contributed by atoms with E-state index in [1.165, 1.54) is 0 Å². The molecule has 4 amide bonds. The van der Waals surface area contributed by atoms with Crippen LogP contribution in [0.25, 0.3) is 11.1 Å². The second kappa shape index (κ2) is 17.9. The van der Waals surface area contributed by atoms with Gasteiger partial charge in [-0.25, -0.2) is 24.2 Å². The van der Waals surface area contributed by atoms with Crippen LogP contribution < -0.4 is 21.3 Å². The zero-order valence-corrected chi connectivity index (χ0v) is 25.5. The summed E-state index contributed by atoms with van der Waals surface area (Å²) in [6.45, 7) is 2.23. The van der Waals surface area contributed by atoms with E-state index in [2.05, 4.69) is 31.0 Å². The number of amides is 4. The van der Waals surface area contributed by atoms with Crippen molar-refractivity contribution in [2.75, 3.05) is 13.1 Å². The van der Waals surface area contributed by atoms with Crippen molar-refractivity contribution >= 4 is 29.8 Å². The van der Waals surface area contributed by atoms with Gasteiger partial charge in [-0.3, -0.25) is 9.59 Å². The second-order valence-corrected chi connectivity index (χ2v) is 10.4. The summed E-state index contributed by atoms with van der Waals surface area (Å²) in [5.74, 6) is -5.17. The summed E-state index contributed by atoms with van der Waals surface area (Å²) in [5, 5.41) is 10.5. The molecule has 3 aromatic carbocycles. The van der Waals surface area contributed by atoms with Crippen LogP contribution in [0.2, 0.25) is 0 Å². The van der Waals surface area contributed by atoms with Crippen LogP contribution >= 0.6 is 0 Å². The molecule has 250 valence electrons. The Hall–Kier alpha value is -5.40. The number of nitrogens with one attached hydrogen (secondary N) is 4. The molecule has 11 nitrogen and oxygen atoms in total. The number of unbranched alkanes of at least 4 members (excludes halogenated alkanes) is 1. The summed E-state index contributed by atoms with van der Waals surface area (Å²) in [7, 11) is 0. The van der Waals surface area contributed by atoms with Gasteiger partial charge >= 0.3 is 24.1 Å². The van der Waals surface area contributed by atoms with Crippen molar-refractivity contribution in [3.63, 3.8) is 0 Å². The predicted molar refractivity (Wildman–Crippen MR) is 164 cm³/mol. The molecule has 0 aliphatic carbocycles. The number of carbonyl (C=O) groups excluding carboxylic acids is 5. The number of alkyl halides is 3. The molecule has 3 aromatic rings. The highest BCUT2D eigenvalue weighted by molar-refractivity contribution is 5.85. The van der Waals surface area contributed by atoms with Gasteiger partial charge in [-0.15, -0.1) is 0 Å². The van der Waals surface area contributed by atoms with Gasteiger partial charge < -0.3 is 21.3 Å². The third-order valence-electron chi connectivity index (χ3n) is 6.83. The van der Waals surface area contributed by atoms with E-state index < -0.39 is 48.9 Å². The Kier molecular flexibility index (Phi) is 13.8. The van der Waals surface area contributed by atoms with Gasteiger partial charge in [-0.2, -0.15) is 13.2 Å². The Morgan fingerprint density at radius 3 is 2.09 bits per heavy atom. The Labute approximate surface area is 269 Å². The van der Waals surface area contributed by atoms with Crippen LogP contribution in [-0.4, -0.2) is 49.0 Å². The van der Waals surface area contributed by atoms with Crippen LogP contribution in [0, 0.1) is 6.92 Å². The topological polar surface area (TPSA) is 152 Å². The standard InChI is InChI=1S/C33H35F3N4O7/c1-22-9-5-6-12-26(22)20-39-32(45)37-18-8-7-13-28(41)38-21-29(42)40-27(19-30(43)46-47-31(44)33(34,35)36)25-16-14-24(15-17-25)23-10-3-2-4-11-23/h2-6,9-12,14-17,27H,7-8,13,18-21H2,1H3,(H,38,41)(H,40,42)(H2,37,39,45). The van der Waals surface area contributed by atoms with E-state index >= 15 is 0 Å². The normalized spacial score (nSPS) is 11.5. The zero-order chi connectivity index (χ0) is 34.2. The van der Waals surface area contributed by atoms with E-state index in [1.54, 1.807) is 24.3 Å². The van der Waals surface area contributed by atoms with Crippen LogP contribution in [0.3, 0.4) is 0 Å². The average molecular weight is 657 g/mol. The van der Waals surface area contributed by atoms with Crippen molar-refractivity contribution in [3.8, 4) is 11.1 Å². The third-order valence-corrected chi connectivity index (χ3v) is 6.83. The quantitative estimate of drug-likeness (QED) is 0.113. The van der Waals surface area contributed by atoms with E-state index in [0.29, 0.717) is 31.5 Å². The van der Waals surface area contributed by atoms with Crippen molar-refractivity contribution in [3.05, 3.63) is 95.6 Å². The Morgan fingerprint density at radius 1 is 0.745 bits per heavy atom. The number of carbonyl (C=O) groups is 5. The Bertz CT molecular complexity index is 1520. The molecule has 1 unspecified atom stereocenters. The maximum Gasteiger partial charge on any atom is 0.495 e. The van der Waals surface area contributed by atoms with Gasteiger partial charge in [-0.1, -0.05) is 78.9 Å². The fourth-order valence-corrected chi connectivity index (χ4v) is 4.29. The van der Waals surface area contributed by atoms with Crippen LogP contribution in [0.4, 0.5) is 18.0 Å². The van der Waals surface area contributed by atoms with E-state index in [4.69, 9.17) is 0 Å². The summed E-state index contributed by atoms with van der Waals surface area (Å²) in [6, 6.07) is 22.2. The molecule has 3 rings (SSSR count). The first-order valence-electron chi connectivity index (χ1n) is 14.7. The number of halogens is 3. The van der Waals surface area contributed by atoms with Gasteiger partial charge in [0.1, 0.15) is 0 Å². The van der Waals surface area contributed by atoms with Crippen LogP contribution in [0.1, 0.15) is 48.4 Å². The molecule has 1 atom stereocenters. The summed E-state index contributed by atoms with van der Waals surface area (Å²) >= 11 is 0. The minimum absolute atomic E-state index is 0.0844. The van der Waals surface area contributed by atoms with Gasteiger partial charge in [0, 0.05) is 19.5 Å². The molecule has 0 aromatic heterocycles. The summed E-state index contributed by atoms with van der Waals surface area (Å²) < 4.78 is 37.2. The number of urea groups is 1. The van der Waals surface area contributed by atoms with E-state index in [-0.39, 0.29) is 12.5 Å².